The van der Waals surface area contributed by atoms with Crippen molar-refractivity contribution in [1.82, 2.24) is 9.80 Å². The van der Waals surface area contributed by atoms with Crippen LogP contribution in [0.4, 0.5) is 4.79 Å². The first kappa shape index (κ1) is 10.8. The molecule has 0 saturated carbocycles. The maximum absolute atomic E-state index is 11.6. The highest BCUT2D eigenvalue weighted by atomic mass is 16.5. The zero-order valence-corrected chi connectivity index (χ0v) is 8.65. The Morgan fingerprint density at radius 3 is 2.43 bits per heavy atom. The number of methoxy groups -OCH3 is 1. The van der Waals surface area contributed by atoms with Crippen LogP contribution >= 0.6 is 0 Å². The van der Waals surface area contributed by atoms with Crippen molar-refractivity contribution in [2.75, 3.05) is 33.8 Å². The second kappa shape index (κ2) is 4.83. The van der Waals surface area contributed by atoms with E-state index in [0.29, 0.717) is 0 Å². The van der Waals surface area contributed by atoms with Gasteiger partial charge in [-0.3, -0.25) is 4.79 Å². The summed E-state index contributed by atoms with van der Waals surface area (Å²) in [5.74, 6) is -0.00426. The molecule has 1 saturated heterocycles. The maximum Gasteiger partial charge on any atom is 0.409 e. The molecule has 0 atom stereocenters. The molecule has 0 aromatic heterocycles. The average molecular weight is 200 g/mol. The molecule has 5 heteroatoms. The van der Waals surface area contributed by atoms with E-state index in [9.17, 15) is 9.59 Å². The van der Waals surface area contributed by atoms with Crippen molar-refractivity contribution in [2.24, 2.45) is 0 Å². The number of likely N-dealkylation sites (tertiary alicyclic amines) is 1. The Morgan fingerprint density at radius 2 is 1.93 bits per heavy atom. The van der Waals surface area contributed by atoms with Crippen molar-refractivity contribution >= 4 is 12.0 Å². The molecule has 0 spiro atoms. The van der Waals surface area contributed by atoms with Crippen molar-refractivity contribution in [3.63, 3.8) is 0 Å². The summed E-state index contributed by atoms with van der Waals surface area (Å²) < 4.78 is 4.49. The van der Waals surface area contributed by atoms with Gasteiger partial charge >= 0.3 is 6.09 Å². The van der Waals surface area contributed by atoms with Crippen LogP contribution in [-0.2, 0) is 9.53 Å². The molecule has 5 nitrogen and oxygen atoms in total. The Hall–Kier alpha value is -1.26. The molecule has 1 aliphatic heterocycles. The smallest absolute Gasteiger partial charge is 0.409 e. The van der Waals surface area contributed by atoms with E-state index in [1.54, 1.807) is 11.9 Å². The molecule has 0 bridgehead atoms. The molecule has 1 aliphatic rings. The van der Waals surface area contributed by atoms with E-state index in [-0.39, 0.29) is 12.5 Å². The van der Waals surface area contributed by atoms with Gasteiger partial charge in [-0.1, -0.05) is 0 Å². The molecule has 0 radical (unpaired) electrons. The zero-order chi connectivity index (χ0) is 10.6. The summed E-state index contributed by atoms with van der Waals surface area (Å²) in [5, 5.41) is 0. The van der Waals surface area contributed by atoms with E-state index in [4.69, 9.17) is 0 Å². The lowest BCUT2D eigenvalue weighted by molar-refractivity contribution is -0.130. The van der Waals surface area contributed by atoms with Crippen LogP contribution < -0.4 is 0 Å². The number of hydrogen-bond donors (Lipinski definition) is 0. The van der Waals surface area contributed by atoms with Crippen LogP contribution in [0.5, 0.6) is 0 Å². The number of carbonyl (C=O) groups is 2. The lowest BCUT2D eigenvalue weighted by Gasteiger charge is -2.20. The maximum atomic E-state index is 11.6. The molecule has 0 aromatic rings. The minimum atomic E-state index is -0.474. The number of hydrogen-bond acceptors (Lipinski definition) is 3. The van der Waals surface area contributed by atoms with Crippen molar-refractivity contribution in [3.8, 4) is 0 Å². The number of amides is 2. The van der Waals surface area contributed by atoms with Crippen LogP contribution in [0.3, 0.4) is 0 Å². The number of carbonyl (C=O) groups excluding carboxylic acids is 2. The summed E-state index contributed by atoms with van der Waals surface area (Å²) in [5.41, 5.74) is 0. The first-order valence-electron chi connectivity index (χ1n) is 4.72. The van der Waals surface area contributed by atoms with Crippen LogP contribution in [0.1, 0.15) is 12.8 Å². The zero-order valence-electron chi connectivity index (χ0n) is 8.65. The highest BCUT2D eigenvalue weighted by Crippen LogP contribution is 2.07. The normalized spacial score (nSPS) is 15.4. The number of ether oxygens (including phenoxy) is 1. The van der Waals surface area contributed by atoms with E-state index in [1.165, 1.54) is 12.0 Å². The molecular formula is C9H16N2O3. The molecule has 1 fully saturated rings. The average Bonchev–Trinajstić information content (AvgIpc) is 2.69. The van der Waals surface area contributed by atoms with Gasteiger partial charge in [-0.15, -0.1) is 0 Å². The molecule has 1 rings (SSSR count). The van der Waals surface area contributed by atoms with E-state index < -0.39 is 6.09 Å². The number of likely N-dealkylation sites (N-methyl/N-ethyl adjacent to an activating group) is 1. The monoisotopic (exact) mass is 200 g/mol. The summed E-state index contributed by atoms with van der Waals surface area (Å²) >= 11 is 0. The van der Waals surface area contributed by atoms with Gasteiger partial charge in [0.25, 0.3) is 0 Å². The molecule has 2 amide bonds. The van der Waals surface area contributed by atoms with Crippen molar-refractivity contribution in [2.45, 2.75) is 12.8 Å². The van der Waals surface area contributed by atoms with Crippen molar-refractivity contribution in [1.29, 1.82) is 0 Å². The Balaban J connectivity index is 2.35. The van der Waals surface area contributed by atoms with Gasteiger partial charge < -0.3 is 14.5 Å². The minimum absolute atomic E-state index is 0.00426. The van der Waals surface area contributed by atoms with Gasteiger partial charge in [0, 0.05) is 20.1 Å². The summed E-state index contributed by atoms with van der Waals surface area (Å²) in [6.07, 6.45) is 1.65. The molecule has 1 heterocycles. The SMILES string of the molecule is COC(=O)N(C)CC(=O)N1CCCC1. The molecule has 14 heavy (non-hydrogen) atoms. The Labute approximate surface area is 83.6 Å². The van der Waals surface area contributed by atoms with E-state index in [0.717, 1.165) is 25.9 Å². The Kier molecular flexibility index (Phi) is 3.73. The van der Waals surface area contributed by atoms with Gasteiger partial charge in [-0.05, 0) is 12.8 Å². The van der Waals surface area contributed by atoms with E-state index in [2.05, 4.69) is 4.74 Å². The van der Waals surface area contributed by atoms with Crippen LogP contribution in [0.2, 0.25) is 0 Å². The third-order valence-corrected chi connectivity index (χ3v) is 2.32. The first-order valence-corrected chi connectivity index (χ1v) is 4.72. The van der Waals surface area contributed by atoms with Crippen molar-refractivity contribution in [3.05, 3.63) is 0 Å². The molecule has 0 aliphatic carbocycles. The largest absolute Gasteiger partial charge is 0.453 e. The standard InChI is InChI=1S/C9H16N2O3/c1-10(9(13)14-2)7-8(12)11-5-3-4-6-11/h3-7H2,1-2H3. The predicted octanol–water partition coefficient (Wildman–Crippen LogP) is 0.307. The first-order chi connectivity index (χ1) is 6.65. The Morgan fingerprint density at radius 1 is 1.36 bits per heavy atom. The fourth-order valence-electron chi connectivity index (χ4n) is 1.49. The second-order valence-corrected chi connectivity index (χ2v) is 3.41. The summed E-state index contributed by atoms with van der Waals surface area (Å²) in [6.45, 7) is 1.73. The van der Waals surface area contributed by atoms with Gasteiger partial charge in [0.15, 0.2) is 0 Å². The van der Waals surface area contributed by atoms with Crippen LogP contribution in [0, 0.1) is 0 Å². The molecule has 80 valence electrons. The van der Waals surface area contributed by atoms with E-state index >= 15 is 0 Å². The lowest BCUT2D eigenvalue weighted by Crippen LogP contribution is -2.39. The number of rotatable bonds is 2. The highest BCUT2D eigenvalue weighted by Gasteiger charge is 2.20. The third kappa shape index (κ3) is 2.61. The third-order valence-electron chi connectivity index (χ3n) is 2.32. The molecule has 0 aromatic carbocycles. The van der Waals surface area contributed by atoms with E-state index in [1.807, 2.05) is 0 Å². The minimum Gasteiger partial charge on any atom is -0.453 e. The number of nitrogens with zero attached hydrogens (tertiary/aromatic N) is 2. The van der Waals surface area contributed by atoms with Gasteiger partial charge in [-0.25, -0.2) is 4.79 Å². The summed E-state index contributed by atoms with van der Waals surface area (Å²) in [6, 6.07) is 0. The quantitative estimate of drug-likeness (QED) is 0.644. The second-order valence-electron chi connectivity index (χ2n) is 3.41. The van der Waals surface area contributed by atoms with Gasteiger partial charge in [0.1, 0.15) is 6.54 Å². The molecule has 0 unspecified atom stereocenters. The van der Waals surface area contributed by atoms with Gasteiger partial charge in [-0.2, -0.15) is 0 Å². The molecule has 0 N–H and O–H groups in total. The fraction of sp³-hybridized carbons (Fsp3) is 0.778. The predicted molar refractivity (Wildman–Crippen MR) is 50.8 cm³/mol. The Bertz CT molecular complexity index is 224. The summed E-state index contributed by atoms with van der Waals surface area (Å²) in [7, 11) is 2.86. The topological polar surface area (TPSA) is 49.9 Å². The summed E-state index contributed by atoms with van der Waals surface area (Å²) in [4.78, 5) is 25.6. The van der Waals surface area contributed by atoms with Gasteiger partial charge in [0.2, 0.25) is 5.91 Å². The van der Waals surface area contributed by atoms with Crippen LogP contribution in [-0.4, -0.2) is 55.6 Å². The lowest BCUT2D eigenvalue weighted by atomic mass is 10.4. The van der Waals surface area contributed by atoms with Crippen LogP contribution in [0.15, 0.2) is 0 Å². The molecular weight excluding hydrogens is 184 g/mol. The van der Waals surface area contributed by atoms with Crippen molar-refractivity contribution < 1.29 is 14.3 Å². The fourth-order valence-corrected chi connectivity index (χ4v) is 1.49. The van der Waals surface area contributed by atoms with Gasteiger partial charge in [0.05, 0.1) is 7.11 Å². The van der Waals surface area contributed by atoms with Crippen LogP contribution in [0.25, 0.3) is 0 Å². The highest BCUT2D eigenvalue weighted by molar-refractivity contribution is 5.82.